The Hall–Kier alpha value is -0.723. The van der Waals surface area contributed by atoms with E-state index in [0.29, 0.717) is 25.7 Å². The summed E-state index contributed by atoms with van der Waals surface area (Å²) in [5.74, 6) is 0. The third-order valence-corrected chi connectivity index (χ3v) is 5.40. The van der Waals surface area contributed by atoms with Crippen LogP contribution < -0.4 is 0 Å². The summed E-state index contributed by atoms with van der Waals surface area (Å²) in [7, 11) is -1.03. The van der Waals surface area contributed by atoms with Crippen LogP contribution in [0.15, 0.2) is 30.3 Å². The van der Waals surface area contributed by atoms with Gasteiger partial charge in [0.2, 0.25) is 0 Å². The van der Waals surface area contributed by atoms with E-state index in [2.05, 4.69) is 0 Å². The van der Waals surface area contributed by atoms with Crippen LogP contribution in [0, 0.1) is 0 Å². The van der Waals surface area contributed by atoms with Gasteiger partial charge in [-0.2, -0.15) is 0 Å². The van der Waals surface area contributed by atoms with E-state index in [0.717, 1.165) is 5.56 Å². The number of aliphatic hydroxyl groups excluding tert-OH is 1. The van der Waals surface area contributed by atoms with Crippen LogP contribution in [0.4, 0.5) is 0 Å². The van der Waals surface area contributed by atoms with Crippen LogP contribution in [0.3, 0.4) is 0 Å². The summed E-state index contributed by atoms with van der Waals surface area (Å²) in [4.78, 5) is 0. The quantitative estimate of drug-likeness (QED) is 0.549. The van der Waals surface area contributed by atoms with Crippen LogP contribution in [0.25, 0.3) is 0 Å². The fourth-order valence-corrected chi connectivity index (χ4v) is 3.99. The average molecular weight is 270 g/mol. The Morgan fingerprint density at radius 2 is 1.89 bits per heavy atom. The molecule has 4 nitrogen and oxygen atoms in total. The molecular formula is C13H22O4Si. The minimum absolute atomic E-state index is 0.117. The molecule has 102 valence electrons. The zero-order valence-corrected chi connectivity index (χ0v) is 12.1. The Morgan fingerprint density at radius 3 is 2.44 bits per heavy atom. The number of benzene rings is 1. The third-order valence-electron chi connectivity index (χ3n) is 2.56. The minimum Gasteiger partial charge on any atom is -0.396 e. The highest BCUT2D eigenvalue weighted by atomic mass is 28.4. The van der Waals surface area contributed by atoms with E-state index in [-0.39, 0.29) is 6.61 Å². The Labute approximate surface area is 110 Å². The molecule has 0 fully saturated rings. The third kappa shape index (κ3) is 4.87. The Balaban J connectivity index is 2.69. The van der Waals surface area contributed by atoms with Crippen LogP contribution in [0.1, 0.15) is 18.9 Å². The van der Waals surface area contributed by atoms with Gasteiger partial charge in [-0.15, -0.1) is 0 Å². The summed E-state index contributed by atoms with van der Waals surface area (Å²) in [5, 5.41) is 8.81. The standard InChI is InChI=1S/C13H22O4Si/c1-3-16-18(15-2,17-11-7-10-14)12-13-8-5-4-6-9-13/h4-6,8-9,14H,3,7,10-12H2,1-2H3. The largest absolute Gasteiger partial charge is 0.505 e. The molecule has 0 radical (unpaired) electrons. The van der Waals surface area contributed by atoms with E-state index in [9.17, 15) is 0 Å². The molecule has 1 aromatic rings. The van der Waals surface area contributed by atoms with Gasteiger partial charge in [0, 0.05) is 33.0 Å². The predicted molar refractivity (Wildman–Crippen MR) is 72.2 cm³/mol. The van der Waals surface area contributed by atoms with E-state index in [1.54, 1.807) is 7.11 Å². The van der Waals surface area contributed by atoms with Crippen molar-refractivity contribution in [2.75, 3.05) is 26.9 Å². The molecule has 5 heteroatoms. The SMILES string of the molecule is CCO[Si](Cc1ccccc1)(OC)OCCCO. The molecule has 0 aliphatic carbocycles. The molecule has 0 aliphatic heterocycles. The van der Waals surface area contributed by atoms with Gasteiger partial charge in [0.25, 0.3) is 0 Å². The Bertz CT molecular complexity index is 320. The second-order valence-corrected chi connectivity index (χ2v) is 6.61. The van der Waals surface area contributed by atoms with Gasteiger partial charge in [-0.3, -0.25) is 0 Å². The van der Waals surface area contributed by atoms with Gasteiger partial charge in [0.15, 0.2) is 0 Å². The maximum atomic E-state index is 8.81. The fourth-order valence-electron chi connectivity index (χ4n) is 1.69. The van der Waals surface area contributed by atoms with Crippen LogP contribution in [-0.4, -0.2) is 40.8 Å². The lowest BCUT2D eigenvalue weighted by Crippen LogP contribution is -2.48. The highest BCUT2D eigenvalue weighted by Gasteiger charge is 2.39. The smallest absolute Gasteiger partial charge is 0.396 e. The van der Waals surface area contributed by atoms with Crippen molar-refractivity contribution in [1.82, 2.24) is 0 Å². The minimum atomic E-state index is -2.66. The first kappa shape index (κ1) is 15.3. The number of hydrogen-bond acceptors (Lipinski definition) is 4. The summed E-state index contributed by atoms with van der Waals surface area (Å²) in [6.45, 7) is 3.07. The first-order chi connectivity index (χ1) is 8.76. The number of aliphatic hydroxyl groups is 1. The topological polar surface area (TPSA) is 47.9 Å². The van der Waals surface area contributed by atoms with Crippen LogP contribution in [-0.2, 0) is 19.3 Å². The van der Waals surface area contributed by atoms with Gasteiger partial charge in [-0.25, -0.2) is 0 Å². The molecular weight excluding hydrogens is 248 g/mol. The molecule has 0 saturated heterocycles. The second-order valence-electron chi connectivity index (χ2n) is 3.91. The zero-order chi connectivity index (χ0) is 13.3. The molecule has 0 aliphatic rings. The molecule has 1 rings (SSSR count). The molecule has 0 bridgehead atoms. The van der Waals surface area contributed by atoms with Gasteiger partial charge < -0.3 is 18.4 Å². The van der Waals surface area contributed by atoms with Crippen molar-refractivity contribution in [2.24, 2.45) is 0 Å². The van der Waals surface area contributed by atoms with E-state index in [4.69, 9.17) is 18.4 Å². The fraction of sp³-hybridized carbons (Fsp3) is 0.538. The molecule has 1 N–H and O–H groups in total. The van der Waals surface area contributed by atoms with E-state index in [1.807, 2.05) is 37.3 Å². The van der Waals surface area contributed by atoms with Gasteiger partial charge in [0.1, 0.15) is 0 Å². The van der Waals surface area contributed by atoms with Crippen molar-refractivity contribution in [3.05, 3.63) is 35.9 Å². The lowest BCUT2D eigenvalue weighted by atomic mass is 10.2. The monoisotopic (exact) mass is 270 g/mol. The molecule has 1 unspecified atom stereocenters. The molecule has 0 saturated carbocycles. The van der Waals surface area contributed by atoms with Gasteiger partial charge in [-0.05, 0) is 18.9 Å². The average Bonchev–Trinajstić information content (AvgIpc) is 2.40. The maximum Gasteiger partial charge on any atom is 0.505 e. The van der Waals surface area contributed by atoms with Gasteiger partial charge in [0.05, 0.1) is 0 Å². The lowest BCUT2D eigenvalue weighted by Gasteiger charge is -2.27. The first-order valence-corrected chi connectivity index (χ1v) is 8.17. The van der Waals surface area contributed by atoms with Crippen LogP contribution in [0.5, 0.6) is 0 Å². The zero-order valence-electron chi connectivity index (χ0n) is 11.1. The van der Waals surface area contributed by atoms with Crippen molar-refractivity contribution in [1.29, 1.82) is 0 Å². The van der Waals surface area contributed by atoms with Crippen molar-refractivity contribution in [3.8, 4) is 0 Å². The molecule has 0 aromatic heterocycles. The summed E-state index contributed by atoms with van der Waals surface area (Å²) in [5.41, 5.74) is 1.14. The Morgan fingerprint density at radius 1 is 1.17 bits per heavy atom. The molecule has 1 aromatic carbocycles. The van der Waals surface area contributed by atoms with Crippen LogP contribution in [0.2, 0.25) is 0 Å². The van der Waals surface area contributed by atoms with E-state index < -0.39 is 8.80 Å². The van der Waals surface area contributed by atoms with Crippen molar-refractivity contribution in [2.45, 2.75) is 19.4 Å². The number of hydrogen-bond donors (Lipinski definition) is 1. The van der Waals surface area contributed by atoms with E-state index >= 15 is 0 Å². The highest BCUT2D eigenvalue weighted by Crippen LogP contribution is 2.16. The summed E-state index contributed by atoms with van der Waals surface area (Å²) in [6.07, 6.45) is 0.597. The summed E-state index contributed by atoms with van der Waals surface area (Å²) >= 11 is 0. The molecule has 0 amide bonds. The van der Waals surface area contributed by atoms with Crippen molar-refractivity contribution in [3.63, 3.8) is 0 Å². The van der Waals surface area contributed by atoms with Crippen molar-refractivity contribution < 1.29 is 18.4 Å². The maximum absolute atomic E-state index is 8.81. The van der Waals surface area contributed by atoms with Gasteiger partial charge in [-0.1, -0.05) is 30.3 Å². The van der Waals surface area contributed by atoms with Gasteiger partial charge >= 0.3 is 8.80 Å². The summed E-state index contributed by atoms with van der Waals surface area (Å²) < 4.78 is 17.1. The van der Waals surface area contributed by atoms with E-state index in [1.165, 1.54) is 0 Å². The van der Waals surface area contributed by atoms with Crippen molar-refractivity contribution >= 4 is 8.80 Å². The Kier molecular flexibility index (Phi) is 7.15. The first-order valence-electron chi connectivity index (χ1n) is 6.24. The molecule has 1 atom stereocenters. The lowest BCUT2D eigenvalue weighted by molar-refractivity contribution is 0.0752. The highest BCUT2D eigenvalue weighted by molar-refractivity contribution is 6.60. The second kappa shape index (κ2) is 8.39. The number of rotatable bonds is 9. The molecule has 18 heavy (non-hydrogen) atoms. The predicted octanol–water partition coefficient (Wildman–Crippen LogP) is 1.79. The van der Waals surface area contributed by atoms with Crippen LogP contribution >= 0.6 is 0 Å². The molecule has 0 heterocycles. The summed E-state index contributed by atoms with van der Waals surface area (Å²) in [6, 6.07) is 10.7. The molecule has 0 spiro atoms. The normalized spacial score (nSPS) is 14.4.